The standard InChI is InChI=1S/C17H18N4OS2/c1-12(13-6-3-2-4-7-13)18-16(22)11-24-17-19-15(20-21-17)10-14-8-5-9-23-14/h2-9,12H,10-11H2,1H3,(H,18,22)(H,19,20,21). The van der Waals surface area contributed by atoms with E-state index >= 15 is 0 Å². The minimum atomic E-state index is -0.0269. The monoisotopic (exact) mass is 358 g/mol. The van der Waals surface area contributed by atoms with Crippen molar-refractivity contribution >= 4 is 29.0 Å². The molecular formula is C17H18N4OS2. The van der Waals surface area contributed by atoms with E-state index in [1.807, 2.05) is 48.7 Å². The fraction of sp³-hybridized carbons (Fsp3) is 0.235. The molecule has 0 aliphatic rings. The lowest BCUT2D eigenvalue weighted by atomic mass is 10.1. The van der Waals surface area contributed by atoms with Gasteiger partial charge in [-0.1, -0.05) is 48.2 Å². The molecule has 1 amide bonds. The molecular weight excluding hydrogens is 340 g/mol. The topological polar surface area (TPSA) is 70.7 Å². The lowest BCUT2D eigenvalue weighted by Gasteiger charge is -2.13. The average Bonchev–Trinajstić information content (AvgIpc) is 3.26. The van der Waals surface area contributed by atoms with Gasteiger partial charge in [0, 0.05) is 11.3 Å². The SMILES string of the molecule is CC(NC(=O)CSc1n[nH]c(Cc2cccs2)n1)c1ccccc1. The van der Waals surface area contributed by atoms with Crippen LogP contribution in [0.2, 0.25) is 0 Å². The molecule has 3 rings (SSSR count). The minimum absolute atomic E-state index is 0.0131. The third kappa shape index (κ3) is 4.69. The maximum Gasteiger partial charge on any atom is 0.230 e. The Morgan fingerprint density at radius 1 is 1.29 bits per heavy atom. The molecule has 0 bridgehead atoms. The molecule has 2 N–H and O–H groups in total. The van der Waals surface area contributed by atoms with Crippen molar-refractivity contribution in [1.82, 2.24) is 20.5 Å². The maximum absolute atomic E-state index is 12.1. The van der Waals surface area contributed by atoms with Crippen LogP contribution >= 0.6 is 23.1 Å². The van der Waals surface area contributed by atoms with Crippen LogP contribution in [0.4, 0.5) is 0 Å². The van der Waals surface area contributed by atoms with Crippen molar-refractivity contribution in [2.45, 2.75) is 24.5 Å². The molecule has 5 nitrogen and oxygen atoms in total. The molecule has 0 radical (unpaired) electrons. The van der Waals surface area contributed by atoms with Gasteiger partial charge in [0.25, 0.3) is 0 Å². The Hall–Kier alpha value is -2.12. The van der Waals surface area contributed by atoms with E-state index in [9.17, 15) is 4.79 Å². The van der Waals surface area contributed by atoms with Crippen LogP contribution in [0.15, 0.2) is 53.0 Å². The molecule has 0 spiro atoms. The highest BCUT2D eigenvalue weighted by Gasteiger charge is 2.11. The van der Waals surface area contributed by atoms with Crippen LogP contribution in [0.25, 0.3) is 0 Å². The summed E-state index contributed by atoms with van der Waals surface area (Å²) in [5.41, 5.74) is 1.09. The summed E-state index contributed by atoms with van der Waals surface area (Å²) >= 11 is 3.03. The number of amides is 1. The maximum atomic E-state index is 12.1. The van der Waals surface area contributed by atoms with Gasteiger partial charge in [-0.2, -0.15) is 0 Å². The van der Waals surface area contributed by atoms with Crippen molar-refractivity contribution in [3.05, 3.63) is 64.1 Å². The van der Waals surface area contributed by atoms with E-state index in [4.69, 9.17) is 0 Å². The smallest absolute Gasteiger partial charge is 0.230 e. The number of benzene rings is 1. The van der Waals surface area contributed by atoms with Gasteiger partial charge in [0.15, 0.2) is 0 Å². The number of aromatic amines is 1. The zero-order valence-corrected chi connectivity index (χ0v) is 14.9. The zero-order valence-electron chi connectivity index (χ0n) is 13.2. The summed E-state index contributed by atoms with van der Waals surface area (Å²) in [6.45, 7) is 1.98. The van der Waals surface area contributed by atoms with E-state index in [-0.39, 0.29) is 11.9 Å². The molecule has 124 valence electrons. The number of nitrogens with one attached hydrogen (secondary N) is 2. The van der Waals surface area contributed by atoms with E-state index < -0.39 is 0 Å². The number of H-pyrrole nitrogens is 1. The fourth-order valence-corrected chi connectivity index (χ4v) is 3.58. The van der Waals surface area contributed by atoms with Crippen LogP contribution in [-0.4, -0.2) is 26.8 Å². The van der Waals surface area contributed by atoms with E-state index in [0.29, 0.717) is 10.9 Å². The minimum Gasteiger partial charge on any atom is -0.349 e. The third-order valence-corrected chi connectivity index (χ3v) is 5.17. The molecule has 24 heavy (non-hydrogen) atoms. The van der Waals surface area contributed by atoms with E-state index in [0.717, 1.165) is 17.8 Å². The third-order valence-electron chi connectivity index (χ3n) is 3.44. The van der Waals surface area contributed by atoms with Gasteiger partial charge in [-0.15, -0.1) is 16.4 Å². The highest BCUT2D eigenvalue weighted by molar-refractivity contribution is 7.99. The lowest BCUT2D eigenvalue weighted by Crippen LogP contribution is -2.28. The number of carbonyl (C=O) groups is 1. The Morgan fingerprint density at radius 2 is 2.12 bits per heavy atom. The van der Waals surface area contributed by atoms with E-state index in [1.54, 1.807) is 11.3 Å². The summed E-state index contributed by atoms with van der Waals surface area (Å²) < 4.78 is 0. The molecule has 0 aliphatic heterocycles. The molecule has 1 atom stereocenters. The Morgan fingerprint density at radius 3 is 2.88 bits per heavy atom. The second-order valence-corrected chi connectivity index (χ2v) is 7.28. The number of hydrogen-bond acceptors (Lipinski definition) is 5. The van der Waals surface area contributed by atoms with Crippen molar-refractivity contribution in [1.29, 1.82) is 0 Å². The number of thiophene rings is 1. The van der Waals surface area contributed by atoms with Crippen LogP contribution in [0.3, 0.4) is 0 Å². The highest BCUT2D eigenvalue weighted by atomic mass is 32.2. The van der Waals surface area contributed by atoms with Gasteiger partial charge in [-0.05, 0) is 23.9 Å². The number of hydrogen-bond donors (Lipinski definition) is 2. The van der Waals surface area contributed by atoms with Gasteiger partial charge in [-0.3, -0.25) is 9.89 Å². The zero-order chi connectivity index (χ0) is 16.8. The van der Waals surface area contributed by atoms with Gasteiger partial charge in [0.05, 0.1) is 11.8 Å². The van der Waals surface area contributed by atoms with Crippen molar-refractivity contribution in [3.63, 3.8) is 0 Å². The number of thioether (sulfide) groups is 1. The van der Waals surface area contributed by atoms with Crippen LogP contribution in [0.1, 0.15) is 29.2 Å². The first-order valence-corrected chi connectivity index (χ1v) is 9.48. The molecule has 1 unspecified atom stereocenters. The van der Waals surface area contributed by atoms with Crippen LogP contribution in [0.5, 0.6) is 0 Å². The van der Waals surface area contributed by atoms with Crippen molar-refractivity contribution in [3.8, 4) is 0 Å². The van der Waals surface area contributed by atoms with Gasteiger partial charge >= 0.3 is 0 Å². The molecule has 0 fully saturated rings. The van der Waals surface area contributed by atoms with Gasteiger partial charge in [-0.25, -0.2) is 4.98 Å². The molecule has 0 saturated heterocycles. The molecule has 0 aliphatic carbocycles. The molecule has 2 aromatic heterocycles. The van der Waals surface area contributed by atoms with Gasteiger partial charge in [0.1, 0.15) is 5.82 Å². The highest BCUT2D eigenvalue weighted by Crippen LogP contribution is 2.17. The first-order chi connectivity index (χ1) is 11.7. The second kappa shape index (κ2) is 8.12. The number of rotatable bonds is 7. The summed E-state index contributed by atoms with van der Waals surface area (Å²) in [6.07, 6.45) is 0.739. The summed E-state index contributed by atoms with van der Waals surface area (Å²) in [6, 6.07) is 14.0. The van der Waals surface area contributed by atoms with Gasteiger partial charge < -0.3 is 5.32 Å². The fourth-order valence-electron chi connectivity index (χ4n) is 2.24. The summed E-state index contributed by atoms with van der Waals surface area (Å²) in [5, 5.41) is 12.7. The summed E-state index contributed by atoms with van der Waals surface area (Å²) in [7, 11) is 0. The largest absolute Gasteiger partial charge is 0.349 e. The van der Waals surface area contributed by atoms with Crippen molar-refractivity contribution in [2.24, 2.45) is 0 Å². The lowest BCUT2D eigenvalue weighted by molar-refractivity contribution is -0.119. The Kier molecular flexibility index (Phi) is 5.66. The van der Waals surface area contributed by atoms with Gasteiger partial charge in [0.2, 0.25) is 11.1 Å². The van der Waals surface area contributed by atoms with Crippen LogP contribution in [0, 0.1) is 0 Å². The number of carbonyl (C=O) groups excluding carboxylic acids is 1. The first kappa shape index (κ1) is 16.7. The predicted molar refractivity (Wildman–Crippen MR) is 97.2 cm³/mol. The normalized spacial score (nSPS) is 12.0. The van der Waals surface area contributed by atoms with Crippen molar-refractivity contribution in [2.75, 3.05) is 5.75 Å². The summed E-state index contributed by atoms with van der Waals surface area (Å²) in [5.74, 6) is 1.09. The molecule has 7 heteroatoms. The predicted octanol–water partition coefficient (Wildman–Crippen LogP) is 3.43. The molecule has 3 aromatic rings. The van der Waals surface area contributed by atoms with Crippen molar-refractivity contribution < 1.29 is 4.79 Å². The molecule has 2 heterocycles. The Balaban J connectivity index is 1.47. The van der Waals surface area contributed by atoms with Crippen LogP contribution < -0.4 is 5.32 Å². The number of aromatic nitrogens is 3. The molecule has 1 aromatic carbocycles. The summed E-state index contributed by atoms with van der Waals surface area (Å²) in [4.78, 5) is 17.7. The average molecular weight is 358 g/mol. The Bertz CT molecular complexity index is 771. The first-order valence-electron chi connectivity index (χ1n) is 7.61. The molecule has 0 saturated carbocycles. The van der Waals surface area contributed by atoms with Crippen LogP contribution in [-0.2, 0) is 11.2 Å². The quantitative estimate of drug-likeness (QED) is 0.635. The number of nitrogens with zero attached hydrogens (tertiary/aromatic N) is 2. The Labute approximate surface area is 148 Å². The van der Waals surface area contributed by atoms with E-state index in [1.165, 1.54) is 16.6 Å². The van der Waals surface area contributed by atoms with E-state index in [2.05, 4.69) is 26.6 Å². The second-order valence-electron chi connectivity index (χ2n) is 5.31.